The van der Waals surface area contributed by atoms with Crippen molar-refractivity contribution in [2.24, 2.45) is 0 Å². The van der Waals surface area contributed by atoms with Crippen LogP contribution in [0.1, 0.15) is 49.7 Å². The van der Waals surface area contributed by atoms with E-state index in [0.717, 1.165) is 52.8 Å². The summed E-state index contributed by atoms with van der Waals surface area (Å²) in [6.07, 6.45) is 3.50. The van der Waals surface area contributed by atoms with Crippen LogP contribution in [0.2, 0.25) is 0 Å². The van der Waals surface area contributed by atoms with Crippen molar-refractivity contribution in [1.29, 1.82) is 0 Å². The fraction of sp³-hybridized carbons (Fsp3) is 0.370. The first-order valence-corrected chi connectivity index (χ1v) is 12.2. The number of carbonyl (C=O) groups is 1. The van der Waals surface area contributed by atoms with Gasteiger partial charge in [0.2, 0.25) is 0 Å². The van der Waals surface area contributed by atoms with E-state index in [-0.39, 0.29) is 12.1 Å². The largest absolute Gasteiger partial charge is 0.382 e. The van der Waals surface area contributed by atoms with Crippen LogP contribution in [0.5, 0.6) is 0 Å². The van der Waals surface area contributed by atoms with Crippen molar-refractivity contribution in [1.82, 2.24) is 25.2 Å². The number of fused-ring (bicyclic) bond motifs is 2. The quantitative estimate of drug-likeness (QED) is 0.285. The Balaban J connectivity index is 1.31. The second-order valence-corrected chi connectivity index (χ2v) is 8.74. The van der Waals surface area contributed by atoms with Crippen molar-refractivity contribution in [3.63, 3.8) is 0 Å². The number of nitrogens with one attached hydrogen (secondary N) is 2. The van der Waals surface area contributed by atoms with Crippen molar-refractivity contribution in [2.75, 3.05) is 18.9 Å². The highest BCUT2D eigenvalue weighted by Crippen LogP contribution is 2.25. The molecule has 0 aliphatic heterocycles. The minimum absolute atomic E-state index is 0.0958. The Kier molecular flexibility index (Phi) is 7.82. The number of rotatable bonds is 10. The predicted molar refractivity (Wildman–Crippen MR) is 140 cm³/mol. The van der Waals surface area contributed by atoms with Gasteiger partial charge in [0.25, 0.3) is 0 Å². The topological polar surface area (TPSA) is 107 Å². The summed E-state index contributed by atoms with van der Waals surface area (Å²) in [5, 5.41) is 8.37. The van der Waals surface area contributed by atoms with Gasteiger partial charge in [0.15, 0.2) is 5.82 Å². The Labute approximate surface area is 205 Å². The molecular weight excluding hydrogens is 440 g/mol. The lowest BCUT2D eigenvalue weighted by atomic mass is 10.00. The molecule has 8 heteroatoms. The summed E-state index contributed by atoms with van der Waals surface area (Å²) in [6, 6.07) is 14.1. The molecule has 0 aliphatic carbocycles. The van der Waals surface area contributed by atoms with E-state index in [4.69, 9.17) is 15.5 Å². The number of urea groups is 1. The maximum Gasteiger partial charge on any atom is 0.315 e. The summed E-state index contributed by atoms with van der Waals surface area (Å²) < 4.78 is 7.79. The van der Waals surface area contributed by atoms with Gasteiger partial charge in [-0.3, -0.25) is 0 Å². The molecule has 2 aromatic heterocycles. The molecule has 184 valence electrons. The zero-order valence-electron chi connectivity index (χ0n) is 20.7. The van der Waals surface area contributed by atoms with Crippen LogP contribution in [-0.4, -0.2) is 33.7 Å². The zero-order chi connectivity index (χ0) is 24.8. The number of pyridine rings is 1. The summed E-state index contributed by atoms with van der Waals surface area (Å²) in [5.74, 6) is 1.28. The Morgan fingerprint density at radius 3 is 2.80 bits per heavy atom. The van der Waals surface area contributed by atoms with Gasteiger partial charge in [-0.25, -0.2) is 14.8 Å². The lowest BCUT2D eigenvalue weighted by Crippen LogP contribution is -2.37. The summed E-state index contributed by atoms with van der Waals surface area (Å²) in [7, 11) is 0. The molecule has 2 aromatic carbocycles. The van der Waals surface area contributed by atoms with Crippen molar-refractivity contribution in [3.05, 3.63) is 65.6 Å². The molecule has 4 aromatic rings. The molecule has 0 spiro atoms. The highest BCUT2D eigenvalue weighted by molar-refractivity contribution is 5.88. The fourth-order valence-corrected chi connectivity index (χ4v) is 4.46. The fourth-order valence-electron chi connectivity index (χ4n) is 4.46. The number of aromatic nitrogens is 3. The van der Waals surface area contributed by atoms with Gasteiger partial charge < -0.3 is 25.7 Å². The van der Waals surface area contributed by atoms with E-state index in [1.165, 1.54) is 5.39 Å². The number of benzene rings is 2. The number of unbranched alkanes of at least 4 members (excludes halogenated alkanes) is 1. The first kappa shape index (κ1) is 24.5. The molecule has 0 radical (unpaired) electrons. The Hall–Kier alpha value is -3.65. The second-order valence-electron chi connectivity index (χ2n) is 8.74. The number of hydrogen-bond donors (Lipinski definition) is 3. The van der Waals surface area contributed by atoms with Gasteiger partial charge in [0, 0.05) is 25.9 Å². The number of ether oxygens (including phenoxy) is 1. The number of hydrogen-bond acceptors (Lipinski definition) is 5. The van der Waals surface area contributed by atoms with Gasteiger partial charge >= 0.3 is 6.03 Å². The number of nitrogens with zero attached hydrogens (tertiary/aromatic N) is 3. The predicted octanol–water partition coefficient (Wildman–Crippen LogP) is 4.85. The van der Waals surface area contributed by atoms with Crippen molar-refractivity contribution < 1.29 is 9.53 Å². The van der Waals surface area contributed by atoms with Crippen LogP contribution in [0.15, 0.2) is 48.7 Å². The van der Waals surface area contributed by atoms with E-state index in [1.807, 2.05) is 39.0 Å². The third kappa shape index (κ3) is 5.54. The number of nitrogens with two attached hydrogens (primary N) is 1. The number of aryl methyl sites for hydroxylation is 2. The highest BCUT2D eigenvalue weighted by Gasteiger charge is 2.16. The number of amides is 2. The Morgan fingerprint density at radius 1 is 1.17 bits per heavy atom. The SMILES string of the molecule is CCOCc1nc2c(N)ncc(C)c2n1CCCCNC(=O)NC(C)c1cccc2ccccc12. The van der Waals surface area contributed by atoms with E-state index in [2.05, 4.69) is 44.5 Å². The van der Waals surface area contributed by atoms with Crippen LogP contribution in [0.4, 0.5) is 10.6 Å². The van der Waals surface area contributed by atoms with Crippen molar-refractivity contribution >= 4 is 33.7 Å². The van der Waals surface area contributed by atoms with Crippen molar-refractivity contribution in [3.8, 4) is 0 Å². The molecule has 35 heavy (non-hydrogen) atoms. The standard InChI is InChI=1S/C27H34N6O2/c1-4-35-17-23-32-24-25(18(2)16-30-26(24)28)33(23)15-8-7-14-29-27(34)31-19(3)21-13-9-11-20-10-5-6-12-22(20)21/h5-6,9-13,16,19H,4,7-8,14-15,17H2,1-3H3,(H2,28,30)(H2,29,31,34). The van der Waals surface area contributed by atoms with Crippen molar-refractivity contribution in [2.45, 2.75) is 52.8 Å². The van der Waals surface area contributed by atoms with Gasteiger partial charge in [-0.2, -0.15) is 0 Å². The van der Waals surface area contributed by atoms with E-state index < -0.39 is 0 Å². The van der Waals surface area contributed by atoms with E-state index >= 15 is 0 Å². The molecular formula is C27H34N6O2. The van der Waals surface area contributed by atoms with E-state index in [9.17, 15) is 4.79 Å². The average molecular weight is 475 g/mol. The number of imidazole rings is 1. The third-order valence-corrected chi connectivity index (χ3v) is 6.23. The van der Waals surface area contributed by atoms with E-state index in [1.54, 1.807) is 6.20 Å². The molecule has 2 heterocycles. The molecule has 0 fully saturated rings. The monoisotopic (exact) mass is 474 g/mol. The zero-order valence-corrected chi connectivity index (χ0v) is 20.7. The Morgan fingerprint density at radius 2 is 1.97 bits per heavy atom. The number of nitrogen functional groups attached to an aromatic ring is 1. The lowest BCUT2D eigenvalue weighted by Gasteiger charge is -2.17. The van der Waals surface area contributed by atoms with Crippen LogP contribution >= 0.6 is 0 Å². The molecule has 0 saturated heterocycles. The maximum atomic E-state index is 12.5. The van der Waals surface area contributed by atoms with Crippen LogP contribution in [0.3, 0.4) is 0 Å². The molecule has 4 rings (SSSR count). The molecule has 0 bridgehead atoms. The molecule has 1 unspecified atom stereocenters. The van der Waals surface area contributed by atoms with Crippen LogP contribution in [-0.2, 0) is 17.9 Å². The number of carbonyl (C=O) groups excluding carboxylic acids is 1. The Bertz CT molecular complexity index is 1310. The third-order valence-electron chi connectivity index (χ3n) is 6.23. The normalized spacial score (nSPS) is 12.2. The number of anilines is 1. The molecule has 4 N–H and O–H groups in total. The minimum atomic E-state index is -0.162. The van der Waals surface area contributed by atoms with Gasteiger partial charge in [-0.15, -0.1) is 0 Å². The van der Waals surface area contributed by atoms with Crippen LogP contribution < -0.4 is 16.4 Å². The van der Waals surface area contributed by atoms with Gasteiger partial charge in [-0.05, 0) is 55.5 Å². The van der Waals surface area contributed by atoms with Crippen LogP contribution in [0.25, 0.3) is 21.8 Å². The molecule has 1 atom stereocenters. The lowest BCUT2D eigenvalue weighted by molar-refractivity contribution is 0.126. The maximum absolute atomic E-state index is 12.5. The van der Waals surface area contributed by atoms with Gasteiger partial charge in [0.1, 0.15) is 17.9 Å². The molecule has 8 nitrogen and oxygen atoms in total. The van der Waals surface area contributed by atoms with E-state index in [0.29, 0.717) is 25.6 Å². The summed E-state index contributed by atoms with van der Waals surface area (Å²) in [5.41, 5.74) is 9.94. The van der Waals surface area contributed by atoms with Gasteiger partial charge in [0.05, 0.1) is 11.6 Å². The smallest absolute Gasteiger partial charge is 0.315 e. The average Bonchev–Trinajstić information content (AvgIpc) is 3.24. The second kappa shape index (κ2) is 11.2. The van der Waals surface area contributed by atoms with Gasteiger partial charge in [-0.1, -0.05) is 42.5 Å². The first-order chi connectivity index (χ1) is 17.0. The first-order valence-electron chi connectivity index (χ1n) is 12.2. The highest BCUT2D eigenvalue weighted by atomic mass is 16.5. The van der Waals surface area contributed by atoms with Crippen LogP contribution in [0, 0.1) is 6.92 Å². The summed E-state index contributed by atoms with van der Waals surface area (Å²) in [6.45, 7) is 8.38. The summed E-state index contributed by atoms with van der Waals surface area (Å²) >= 11 is 0. The molecule has 0 aliphatic rings. The molecule has 0 saturated carbocycles. The molecule has 2 amide bonds. The summed E-state index contributed by atoms with van der Waals surface area (Å²) in [4.78, 5) is 21.4. The minimum Gasteiger partial charge on any atom is -0.382 e.